The van der Waals surface area contributed by atoms with E-state index in [0.717, 1.165) is 18.9 Å². The van der Waals surface area contributed by atoms with Gasteiger partial charge in [-0.15, -0.1) is 0 Å². The molecule has 0 heterocycles. The van der Waals surface area contributed by atoms with Crippen molar-refractivity contribution < 1.29 is 27.9 Å². The number of anilines is 2. The Labute approximate surface area is 185 Å². The maximum absolute atomic E-state index is 12.9. The topological polar surface area (TPSA) is 90.5 Å². The van der Waals surface area contributed by atoms with Gasteiger partial charge in [-0.25, -0.2) is 4.79 Å². The van der Waals surface area contributed by atoms with Crippen molar-refractivity contribution in [1.29, 1.82) is 0 Å². The fourth-order valence-corrected chi connectivity index (χ4v) is 2.74. The summed E-state index contributed by atoms with van der Waals surface area (Å²) >= 11 is 0. The molecule has 3 rings (SSSR count). The number of amides is 2. The predicted octanol–water partition coefficient (Wildman–Crippen LogP) is 5.67. The normalized spacial score (nSPS) is 12.9. The van der Waals surface area contributed by atoms with Crippen LogP contribution in [0, 0.1) is 0 Å². The molecule has 1 saturated carbocycles. The quantitative estimate of drug-likeness (QED) is 0.416. The third-order valence-corrected chi connectivity index (χ3v) is 4.61. The first kappa shape index (κ1) is 25.0. The first-order valence-electron chi connectivity index (χ1n) is 10.5. The van der Waals surface area contributed by atoms with Gasteiger partial charge in [0.2, 0.25) is 5.91 Å². The molecule has 0 atom stereocenters. The zero-order valence-corrected chi connectivity index (χ0v) is 17.8. The summed E-state index contributed by atoms with van der Waals surface area (Å²) in [5.74, 6) is 0.240. The molecular formula is C23H28F3N3O3. The second kappa shape index (κ2) is 12.0. The van der Waals surface area contributed by atoms with Gasteiger partial charge in [0.15, 0.2) is 0 Å². The Morgan fingerprint density at radius 2 is 1.72 bits per heavy atom. The molecule has 0 bridgehead atoms. The monoisotopic (exact) mass is 451 g/mol. The summed E-state index contributed by atoms with van der Waals surface area (Å²) < 4.78 is 38.7. The molecule has 0 spiro atoms. The molecule has 0 saturated heterocycles. The zero-order valence-electron chi connectivity index (χ0n) is 17.8. The smallest absolute Gasteiger partial charge is 0.418 e. The lowest BCUT2D eigenvalue weighted by Gasteiger charge is -2.14. The van der Waals surface area contributed by atoms with E-state index in [2.05, 4.69) is 22.9 Å². The van der Waals surface area contributed by atoms with E-state index in [1.807, 2.05) is 0 Å². The molecule has 2 aromatic carbocycles. The Bertz CT molecular complexity index is 882. The first-order chi connectivity index (χ1) is 15.2. The van der Waals surface area contributed by atoms with Crippen molar-refractivity contribution in [2.24, 2.45) is 0 Å². The predicted molar refractivity (Wildman–Crippen MR) is 117 cm³/mol. The number of hydrogen-bond acceptors (Lipinski definition) is 3. The van der Waals surface area contributed by atoms with Crippen LogP contribution >= 0.6 is 0 Å². The van der Waals surface area contributed by atoms with E-state index in [9.17, 15) is 22.8 Å². The Morgan fingerprint density at radius 3 is 2.28 bits per heavy atom. The summed E-state index contributed by atoms with van der Waals surface area (Å²) in [6.07, 6.45) is -0.338. The lowest BCUT2D eigenvalue weighted by atomic mass is 10.1. The molecule has 1 aliphatic carbocycles. The summed E-state index contributed by atoms with van der Waals surface area (Å²) in [5.41, 5.74) is 0.408. The van der Waals surface area contributed by atoms with E-state index in [0.29, 0.717) is 23.7 Å². The number of carboxylic acid groups (broad SMARTS) is 1. The van der Waals surface area contributed by atoms with Crippen molar-refractivity contribution in [3.05, 3.63) is 59.7 Å². The Kier molecular flexibility index (Phi) is 9.37. The summed E-state index contributed by atoms with van der Waals surface area (Å²) in [6.45, 7) is 2.24. The number of alkyl halides is 3. The Morgan fingerprint density at radius 1 is 1.06 bits per heavy atom. The number of benzene rings is 2. The molecule has 0 radical (unpaired) electrons. The minimum absolute atomic E-state index is 0.0357. The summed E-state index contributed by atoms with van der Waals surface area (Å²) in [5, 5.41) is 16.4. The van der Waals surface area contributed by atoms with Crippen LogP contribution in [0.1, 0.15) is 50.2 Å². The third-order valence-electron chi connectivity index (χ3n) is 4.61. The second-order valence-corrected chi connectivity index (χ2v) is 7.47. The van der Waals surface area contributed by atoms with Gasteiger partial charge in [-0.2, -0.15) is 13.2 Å². The van der Waals surface area contributed by atoms with Crippen LogP contribution < -0.4 is 16.0 Å². The Balaban J connectivity index is 0.000000303. The van der Waals surface area contributed by atoms with Crippen LogP contribution in [0.5, 0.6) is 0 Å². The van der Waals surface area contributed by atoms with Gasteiger partial charge in [0.25, 0.3) is 0 Å². The van der Waals surface area contributed by atoms with Crippen molar-refractivity contribution in [3.63, 3.8) is 0 Å². The van der Waals surface area contributed by atoms with E-state index < -0.39 is 17.8 Å². The number of halogens is 3. The third kappa shape index (κ3) is 9.28. The number of carbonyl (C=O) groups excluding carboxylic acids is 1. The van der Waals surface area contributed by atoms with Crippen LogP contribution in [0.15, 0.2) is 48.5 Å². The Hall–Kier alpha value is -3.23. The highest BCUT2D eigenvalue weighted by molar-refractivity contribution is 5.76. The van der Waals surface area contributed by atoms with Gasteiger partial charge in [-0.05, 0) is 49.1 Å². The highest BCUT2D eigenvalue weighted by atomic mass is 19.4. The van der Waals surface area contributed by atoms with Crippen LogP contribution in [-0.4, -0.2) is 23.1 Å². The van der Waals surface area contributed by atoms with Gasteiger partial charge < -0.3 is 21.1 Å². The molecule has 174 valence electrons. The molecule has 4 N–H and O–H groups in total. The standard InChI is InChI=1S/C15H13F3N2O2.C8H15NO/c16-15(17,18)12-3-1-2-4-13(12)20-11-7-5-10(6-8-11)9-19-14(21)22;1-2-3-4-8(10)9-7-5-6-7/h1-8,19-20H,9H2,(H,21,22);7H,2-6H2,1H3,(H,9,10). The van der Waals surface area contributed by atoms with Gasteiger partial charge in [-0.1, -0.05) is 37.6 Å². The highest BCUT2D eigenvalue weighted by Gasteiger charge is 2.33. The number of para-hydroxylation sites is 1. The fourth-order valence-electron chi connectivity index (χ4n) is 2.74. The van der Waals surface area contributed by atoms with Crippen LogP contribution in [0.2, 0.25) is 0 Å². The molecule has 2 amide bonds. The lowest BCUT2D eigenvalue weighted by molar-refractivity contribution is -0.137. The lowest BCUT2D eigenvalue weighted by Crippen LogP contribution is -2.24. The molecule has 0 aromatic heterocycles. The van der Waals surface area contributed by atoms with Gasteiger partial charge >= 0.3 is 12.3 Å². The van der Waals surface area contributed by atoms with E-state index in [-0.39, 0.29) is 18.1 Å². The molecular weight excluding hydrogens is 423 g/mol. The van der Waals surface area contributed by atoms with Crippen molar-refractivity contribution in [1.82, 2.24) is 10.6 Å². The number of rotatable bonds is 8. The van der Waals surface area contributed by atoms with Crippen LogP contribution in [0.3, 0.4) is 0 Å². The number of unbranched alkanes of at least 4 members (excludes halogenated alkanes) is 1. The van der Waals surface area contributed by atoms with Gasteiger partial charge in [0.05, 0.1) is 11.3 Å². The maximum Gasteiger partial charge on any atom is 0.418 e. The molecule has 6 nitrogen and oxygen atoms in total. The van der Waals surface area contributed by atoms with Crippen molar-refractivity contribution >= 4 is 23.4 Å². The average Bonchev–Trinajstić information content (AvgIpc) is 3.56. The average molecular weight is 451 g/mol. The molecule has 1 fully saturated rings. The SMILES string of the molecule is CCCCC(=O)NC1CC1.O=C(O)NCc1ccc(Nc2ccccc2C(F)(F)F)cc1. The minimum atomic E-state index is -4.44. The van der Waals surface area contributed by atoms with E-state index in [1.165, 1.54) is 31.0 Å². The van der Waals surface area contributed by atoms with Crippen molar-refractivity contribution in [2.45, 2.75) is 57.8 Å². The fraction of sp³-hybridized carbons (Fsp3) is 0.391. The zero-order chi connectivity index (χ0) is 23.6. The van der Waals surface area contributed by atoms with Gasteiger partial charge in [-0.3, -0.25) is 4.79 Å². The van der Waals surface area contributed by atoms with Gasteiger partial charge in [0, 0.05) is 24.7 Å². The van der Waals surface area contributed by atoms with Crippen LogP contribution in [-0.2, 0) is 17.5 Å². The molecule has 0 unspecified atom stereocenters. The van der Waals surface area contributed by atoms with Crippen LogP contribution in [0.4, 0.5) is 29.3 Å². The molecule has 0 aliphatic heterocycles. The molecule has 1 aliphatic rings. The van der Waals surface area contributed by atoms with Gasteiger partial charge in [0.1, 0.15) is 0 Å². The minimum Gasteiger partial charge on any atom is -0.465 e. The highest BCUT2D eigenvalue weighted by Crippen LogP contribution is 2.35. The number of hydrogen-bond donors (Lipinski definition) is 4. The molecule has 32 heavy (non-hydrogen) atoms. The molecule has 2 aromatic rings. The summed E-state index contributed by atoms with van der Waals surface area (Å²) in [6, 6.07) is 12.2. The second-order valence-electron chi connectivity index (χ2n) is 7.47. The van der Waals surface area contributed by atoms with E-state index in [4.69, 9.17) is 5.11 Å². The van der Waals surface area contributed by atoms with E-state index >= 15 is 0 Å². The van der Waals surface area contributed by atoms with Crippen molar-refractivity contribution in [2.75, 3.05) is 5.32 Å². The maximum atomic E-state index is 12.9. The first-order valence-corrected chi connectivity index (χ1v) is 10.5. The largest absolute Gasteiger partial charge is 0.465 e. The number of nitrogens with one attached hydrogen (secondary N) is 3. The van der Waals surface area contributed by atoms with Crippen molar-refractivity contribution in [3.8, 4) is 0 Å². The number of carbonyl (C=O) groups is 2. The molecule has 9 heteroatoms. The van der Waals surface area contributed by atoms with E-state index in [1.54, 1.807) is 24.3 Å². The summed E-state index contributed by atoms with van der Waals surface area (Å²) in [4.78, 5) is 21.3. The summed E-state index contributed by atoms with van der Waals surface area (Å²) in [7, 11) is 0. The van der Waals surface area contributed by atoms with Crippen LogP contribution in [0.25, 0.3) is 0 Å².